The quantitative estimate of drug-likeness (QED) is 0.793. The molecule has 2 aromatic rings. The summed E-state index contributed by atoms with van der Waals surface area (Å²) in [6, 6.07) is 7.89. The first-order valence-electron chi connectivity index (χ1n) is 8.47. The van der Waals surface area contributed by atoms with Gasteiger partial charge in [-0.25, -0.2) is 0 Å². The van der Waals surface area contributed by atoms with Gasteiger partial charge in [0.2, 0.25) is 11.8 Å². The van der Waals surface area contributed by atoms with Gasteiger partial charge in [0.15, 0.2) is 0 Å². The molecular weight excluding hydrogens is 340 g/mol. The molecule has 1 amide bonds. The van der Waals surface area contributed by atoms with E-state index in [2.05, 4.69) is 20.4 Å². The number of carbonyl (C=O) groups is 1. The van der Waals surface area contributed by atoms with Crippen LogP contribution >= 0.6 is 11.8 Å². The second kappa shape index (κ2) is 7.45. The highest BCUT2D eigenvalue weighted by molar-refractivity contribution is 7.99. The number of ether oxygens (including phenoxy) is 1. The molecule has 0 atom stereocenters. The van der Waals surface area contributed by atoms with Gasteiger partial charge >= 0.3 is 0 Å². The van der Waals surface area contributed by atoms with Crippen molar-refractivity contribution in [3.63, 3.8) is 0 Å². The molecule has 2 fully saturated rings. The Morgan fingerprint density at radius 3 is 2.68 bits per heavy atom. The summed E-state index contributed by atoms with van der Waals surface area (Å²) in [7, 11) is 0. The van der Waals surface area contributed by atoms with Crippen molar-refractivity contribution in [2.45, 2.75) is 24.0 Å². The second-order valence-electron chi connectivity index (χ2n) is 6.16. The van der Waals surface area contributed by atoms with Crippen LogP contribution in [0.1, 0.15) is 24.7 Å². The topological polar surface area (TPSA) is 80.5 Å². The molecule has 132 valence electrons. The van der Waals surface area contributed by atoms with Gasteiger partial charge in [0.05, 0.1) is 19.0 Å². The van der Waals surface area contributed by atoms with Gasteiger partial charge in [0, 0.05) is 30.4 Å². The van der Waals surface area contributed by atoms with Crippen molar-refractivity contribution in [1.29, 1.82) is 0 Å². The molecule has 1 saturated carbocycles. The molecule has 2 heterocycles. The van der Waals surface area contributed by atoms with Crippen molar-refractivity contribution >= 4 is 29.0 Å². The van der Waals surface area contributed by atoms with Gasteiger partial charge in [0.1, 0.15) is 0 Å². The summed E-state index contributed by atoms with van der Waals surface area (Å²) in [4.78, 5) is 14.4. The molecule has 25 heavy (non-hydrogen) atoms. The van der Waals surface area contributed by atoms with Gasteiger partial charge in [-0.2, -0.15) is 0 Å². The highest BCUT2D eigenvalue weighted by atomic mass is 32.2. The number of amides is 1. The summed E-state index contributed by atoms with van der Waals surface area (Å²) in [6.45, 7) is 3.31. The average molecular weight is 360 g/mol. The van der Waals surface area contributed by atoms with E-state index in [1.807, 2.05) is 24.3 Å². The van der Waals surface area contributed by atoms with E-state index in [-0.39, 0.29) is 11.7 Å². The zero-order valence-electron chi connectivity index (χ0n) is 13.8. The number of morpholine rings is 1. The number of nitrogens with zero attached hydrogens (tertiary/aromatic N) is 3. The van der Waals surface area contributed by atoms with Gasteiger partial charge in [-0.3, -0.25) is 4.79 Å². The Morgan fingerprint density at radius 1 is 1.20 bits per heavy atom. The number of anilines is 2. The lowest BCUT2D eigenvalue weighted by Gasteiger charge is -2.28. The summed E-state index contributed by atoms with van der Waals surface area (Å²) in [6.07, 6.45) is 2.24. The van der Waals surface area contributed by atoms with E-state index in [9.17, 15) is 4.79 Å². The Kier molecular flexibility index (Phi) is 4.89. The zero-order valence-corrected chi connectivity index (χ0v) is 14.6. The normalized spacial score (nSPS) is 17.5. The van der Waals surface area contributed by atoms with Crippen molar-refractivity contribution in [3.8, 4) is 0 Å². The maximum Gasteiger partial charge on any atom is 0.277 e. The van der Waals surface area contributed by atoms with Gasteiger partial charge in [-0.05, 0) is 37.1 Å². The molecule has 7 nitrogen and oxygen atoms in total. The van der Waals surface area contributed by atoms with Crippen LogP contribution in [0.5, 0.6) is 0 Å². The number of aromatic nitrogens is 2. The molecule has 1 N–H and O–H groups in total. The molecule has 8 heteroatoms. The minimum atomic E-state index is -0.0877. The van der Waals surface area contributed by atoms with Crippen LogP contribution in [0.15, 0.2) is 33.9 Å². The SMILES string of the molecule is O=C(CSc1nnc(C2CC2)o1)Nc1ccc(N2CCOCC2)cc1. The van der Waals surface area contributed by atoms with Crippen molar-refractivity contribution in [2.24, 2.45) is 0 Å². The molecule has 1 aliphatic carbocycles. The van der Waals surface area contributed by atoms with Crippen LogP contribution in [0, 0.1) is 0 Å². The van der Waals surface area contributed by atoms with Crippen LogP contribution in [0.3, 0.4) is 0 Å². The summed E-state index contributed by atoms with van der Waals surface area (Å²) in [5.41, 5.74) is 1.93. The summed E-state index contributed by atoms with van der Waals surface area (Å²) < 4.78 is 10.9. The maximum absolute atomic E-state index is 12.1. The molecule has 1 aromatic heterocycles. The van der Waals surface area contributed by atoms with E-state index < -0.39 is 0 Å². The number of hydrogen-bond donors (Lipinski definition) is 1. The fourth-order valence-electron chi connectivity index (χ4n) is 2.68. The van der Waals surface area contributed by atoms with Crippen LogP contribution in [0.2, 0.25) is 0 Å². The van der Waals surface area contributed by atoms with Crippen LogP contribution in [0.4, 0.5) is 11.4 Å². The van der Waals surface area contributed by atoms with Crippen LogP contribution < -0.4 is 10.2 Å². The number of nitrogens with one attached hydrogen (secondary N) is 1. The molecule has 0 spiro atoms. The number of thioether (sulfide) groups is 1. The van der Waals surface area contributed by atoms with Crippen LogP contribution in [-0.2, 0) is 9.53 Å². The van der Waals surface area contributed by atoms with E-state index in [1.165, 1.54) is 11.8 Å². The fourth-order valence-corrected chi connectivity index (χ4v) is 3.25. The minimum absolute atomic E-state index is 0.0877. The van der Waals surface area contributed by atoms with Crippen molar-refractivity contribution in [1.82, 2.24) is 10.2 Å². The number of hydrogen-bond acceptors (Lipinski definition) is 7. The third-order valence-electron chi connectivity index (χ3n) is 4.20. The smallest absolute Gasteiger partial charge is 0.277 e. The largest absolute Gasteiger partial charge is 0.416 e. The molecular formula is C17H20N4O3S. The van der Waals surface area contributed by atoms with E-state index in [1.54, 1.807) is 0 Å². The van der Waals surface area contributed by atoms with Gasteiger partial charge in [-0.15, -0.1) is 10.2 Å². The summed E-state index contributed by atoms with van der Waals surface area (Å²) >= 11 is 1.27. The Balaban J connectivity index is 1.26. The zero-order chi connectivity index (χ0) is 17.1. The van der Waals surface area contributed by atoms with Crippen molar-refractivity contribution in [3.05, 3.63) is 30.2 Å². The lowest BCUT2D eigenvalue weighted by molar-refractivity contribution is -0.113. The molecule has 1 aromatic carbocycles. The van der Waals surface area contributed by atoms with E-state index in [4.69, 9.17) is 9.15 Å². The highest BCUT2D eigenvalue weighted by Gasteiger charge is 2.29. The molecule has 1 saturated heterocycles. The first kappa shape index (κ1) is 16.4. The summed E-state index contributed by atoms with van der Waals surface area (Å²) in [5, 5.41) is 11.3. The van der Waals surface area contributed by atoms with Crippen molar-refractivity contribution < 1.29 is 13.9 Å². The number of benzene rings is 1. The molecule has 0 unspecified atom stereocenters. The number of carbonyl (C=O) groups excluding carboxylic acids is 1. The van der Waals surface area contributed by atoms with E-state index in [0.29, 0.717) is 17.0 Å². The monoisotopic (exact) mass is 360 g/mol. The van der Waals surface area contributed by atoms with Gasteiger partial charge in [-0.1, -0.05) is 11.8 Å². The molecule has 2 aliphatic rings. The Bertz CT molecular complexity index is 724. The van der Waals surface area contributed by atoms with Crippen LogP contribution in [0.25, 0.3) is 0 Å². The third-order valence-corrected chi connectivity index (χ3v) is 5.02. The second-order valence-corrected chi connectivity index (χ2v) is 7.09. The molecule has 1 aliphatic heterocycles. The maximum atomic E-state index is 12.1. The summed E-state index contributed by atoms with van der Waals surface area (Å²) in [5.74, 6) is 1.29. The lowest BCUT2D eigenvalue weighted by Crippen LogP contribution is -2.36. The molecule has 0 bridgehead atoms. The van der Waals surface area contributed by atoms with E-state index in [0.717, 1.165) is 50.5 Å². The average Bonchev–Trinajstić information content (AvgIpc) is 3.40. The Labute approximate surface area is 150 Å². The predicted octanol–water partition coefficient (Wildman–Crippen LogP) is 2.51. The Hall–Kier alpha value is -2.06. The Morgan fingerprint density at radius 2 is 1.96 bits per heavy atom. The third kappa shape index (κ3) is 4.32. The van der Waals surface area contributed by atoms with Crippen LogP contribution in [-0.4, -0.2) is 48.2 Å². The lowest BCUT2D eigenvalue weighted by atomic mass is 10.2. The van der Waals surface area contributed by atoms with Gasteiger partial charge in [0.25, 0.3) is 5.22 Å². The highest BCUT2D eigenvalue weighted by Crippen LogP contribution is 2.39. The minimum Gasteiger partial charge on any atom is -0.416 e. The molecule has 4 rings (SSSR count). The molecule has 0 radical (unpaired) electrons. The first-order valence-corrected chi connectivity index (χ1v) is 9.45. The standard InChI is InChI=1S/C17H20N4O3S/c22-15(11-25-17-20-19-16(24-17)12-1-2-12)18-13-3-5-14(6-4-13)21-7-9-23-10-8-21/h3-6,12H,1-2,7-11H2,(H,18,22). The first-order chi connectivity index (χ1) is 12.3. The number of rotatable bonds is 6. The van der Waals surface area contributed by atoms with E-state index >= 15 is 0 Å². The van der Waals surface area contributed by atoms with Crippen molar-refractivity contribution in [2.75, 3.05) is 42.3 Å². The predicted molar refractivity (Wildman–Crippen MR) is 95.1 cm³/mol. The fraction of sp³-hybridized carbons (Fsp3) is 0.471. The van der Waals surface area contributed by atoms with Gasteiger partial charge < -0.3 is 19.4 Å².